The van der Waals surface area contributed by atoms with Crippen LogP contribution in [0.25, 0.3) is 0 Å². The minimum absolute atomic E-state index is 0.0578. The molecule has 0 aliphatic heterocycles. The molecule has 0 radical (unpaired) electrons. The molecule has 0 fully saturated rings. The van der Waals surface area contributed by atoms with E-state index in [0.717, 1.165) is 12.8 Å². The van der Waals surface area contributed by atoms with E-state index in [9.17, 15) is 9.79 Å². The molecule has 0 saturated heterocycles. The summed E-state index contributed by atoms with van der Waals surface area (Å²) in [5, 5.41) is 9.05. The molecule has 192 valence electrons. The molecule has 0 aliphatic carbocycles. The number of nitrogens with zero attached hydrogens (tertiary/aromatic N) is 2. The summed E-state index contributed by atoms with van der Waals surface area (Å²) in [6.45, 7) is 10.4. The Hall–Kier alpha value is -0.200. The van der Waals surface area contributed by atoms with E-state index in [1.807, 2.05) is 32.4 Å². The van der Waals surface area contributed by atoms with E-state index in [-0.39, 0.29) is 24.7 Å². The second kappa shape index (κ2) is 18.2. The van der Waals surface area contributed by atoms with E-state index in [2.05, 4.69) is 13.0 Å². The van der Waals surface area contributed by atoms with Crippen LogP contribution in [0.2, 0.25) is 0 Å². The van der Waals surface area contributed by atoms with Crippen molar-refractivity contribution in [2.45, 2.75) is 156 Å². The van der Waals surface area contributed by atoms with Gasteiger partial charge in [-0.15, -0.1) is 0 Å². The summed E-state index contributed by atoms with van der Waals surface area (Å²) in [5.41, 5.74) is 0. The van der Waals surface area contributed by atoms with Crippen LogP contribution in [0.5, 0.6) is 0 Å². The molecule has 0 aromatic carbocycles. The van der Waals surface area contributed by atoms with E-state index >= 15 is 0 Å². The Kier molecular flexibility index (Phi) is 18.1. The fourth-order valence-corrected chi connectivity index (χ4v) is 9.52. The molecule has 0 bridgehead atoms. The van der Waals surface area contributed by atoms with Crippen LogP contribution >= 0.6 is 7.21 Å². The Morgan fingerprint density at radius 3 is 1.28 bits per heavy atom. The molecule has 2 N–H and O–H groups in total. The average Bonchev–Trinajstić information content (AvgIpc) is 2.71. The first kappa shape index (κ1) is 31.8. The molecule has 5 heteroatoms. The maximum absolute atomic E-state index is 11.5. The van der Waals surface area contributed by atoms with Gasteiger partial charge in [-0.3, -0.25) is 0 Å². The first-order valence-electron chi connectivity index (χ1n) is 13.8. The van der Waals surface area contributed by atoms with Gasteiger partial charge in [-0.25, -0.2) is 0 Å². The van der Waals surface area contributed by atoms with Crippen molar-refractivity contribution in [3.8, 4) is 6.07 Å². The molecule has 0 heterocycles. The number of rotatable bonds is 22. The third-order valence-corrected chi connectivity index (χ3v) is 11.1. The summed E-state index contributed by atoms with van der Waals surface area (Å²) in [6.07, 6.45) is 21.8. The van der Waals surface area contributed by atoms with Crippen molar-refractivity contribution < 1.29 is 9.79 Å². The van der Waals surface area contributed by atoms with Gasteiger partial charge in [0, 0.05) is 0 Å². The van der Waals surface area contributed by atoms with Gasteiger partial charge in [-0.05, 0) is 0 Å². The topological polar surface area (TPSA) is 67.5 Å². The van der Waals surface area contributed by atoms with Crippen LogP contribution in [0.4, 0.5) is 0 Å². The molecular formula is C27H57N2O2P. The van der Waals surface area contributed by atoms with Crippen LogP contribution in [0, 0.1) is 11.3 Å². The zero-order valence-electron chi connectivity index (χ0n) is 22.3. The minimum atomic E-state index is -4.01. The molecular weight excluding hydrogens is 415 g/mol. The standard InChI is InChI=1S/C27H57N2O2P/c1-6-7-8-9-10-11-12-13-14-15-16-17-18-19-20-21-24-32(30,31,25-22-23-28)29(26(2)3)27(4)5/h26-27,30-31H,6-22,24-25H2,1-5H3. The van der Waals surface area contributed by atoms with Crippen molar-refractivity contribution in [1.82, 2.24) is 4.67 Å². The quantitative estimate of drug-likeness (QED) is 0.122. The van der Waals surface area contributed by atoms with Gasteiger partial charge in [0.1, 0.15) is 0 Å². The van der Waals surface area contributed by atoms with Gasteiger partial charge < -0.3 is 0 Å². The van der Waals surface area contributed by atoms with Crippen LogP contribution in [0.15, 0.2) is 0 Å². The normalized spacial score (nSPS) is 13.6. The zero-order valence-corrected chi connectivity index (χ0v) is 23.2. The van der Waals surface area contributed by atoms with Crippen LogP contribution in [-0.2, 0) is 0 Å². The van der Waals surface area contributed by atoms with E-state index < -0.39 is 7.21 Å². The number of hydrogen-bond donors (Lipinski definition) is 2. The van der Waals surface area contributed by atoms with Gasteiger partial charge in [0.05, 0.1) is 0 Å². The summed E-state index contributed by atoms with van der Waals surface area (Å²) in [4.78, 5) is 23.0. The number of nitriles is 1. The van der Waals surface area contributed by atoms with Crippen molar-refractivity contribution in [3.63, 3.8) is 0 Å². The van der Waals surface area contributed by atoms with Gasteiger partial charge in [0.15, 0.2) is 0 Å². The van der Waals surface area contributed by atoms with Crippen molar-refractivity contribution >= 4 is 7.21 Å². The summed E-state index contributed by atoms with van der Waals surface area (Å²) in [7, 11) is -4.01. The van der Waals surface area contributed by atoms with Crippen molar-refractivity contribution in [3.05, 3.63) is 0 Å². The molecule has 0 aliphatic rings. The molecule has 0 aromatic heterocycles. The molecule has 4 nitrogen and oxygen atoms in total. The van der Waals surface area contributed by atoms with Crippen LogP contribution in [0.3, 0.4) is 0 Å². The Balaban J connectivity index is 3.96. The Morgan fingerprint density at radius 2 is 0.969 bits per heavy atom. The van der Waals surface area contributed by atoms with E-state index in [4.69, 9.17) is 5.26 Å². The summed E-state index contributed by atoms with van der Waals surface area (Å²) in [5.74, 6) is 0. The molecule has 0 saturated carbocycles. The monoisotopic (exact) mass is 472 g/mol. The number of unbranched alkanes of at least 4 members (excludes halogenated alkanes) is 15. The van der Waals surface area contributed by atoms with E-state index in [1.54, 1.807) is 0 Å². The molecule has 32 heavy (non-hydrogen) atoms. The fourth-order valence-electron chi connectivity index (χ4n) is 5.27. The first-order valence-corrected chi connectivity index (χ1v) is 16.3. The second-order valence-corrected chi connectivity index (χ2v) is 14.6. The Bertz CT molecular complexity index is 481. The van der Waals surface area contributed by atoms with Crippen LogP contribution < -0.4 is 0 Å². The summed E-state index contributed by atoms with van der Waals surface area (Å²) in [6, 6.07) is 2.24. The van der Waals surface area contributed by atoms with Gasteiger partial charge in [0.2, 0.25) is 0 Å². The summed E-state index contributed by atoms with van der Waals surface area (Å²) >= 11 is 0. The maximum atomic E-state index is 11.5. The number of hydrogen-bond acceptors (Lipinski definition) is 4. The Morgan fingerprint density at radius 1 is 0.625 bits per heavy atom. The van der Waals surface area contributed by atoms with Crippen molar-refractivity contribution in [2.75, 3.05) is 12.3 Å². The predicted molar refractivity (Wildman–Crippen MR) is 143 cm³/mol. The van der Waals surface area contributed by atoms with Gasteiger partial charge in [0.25, 0.3) is 0 Å². The van der Waals surface area contributed by atoms with Crippen molar-refractivity contribution in [2.24, 2.45) is 0 Å². The van der Waals surface area contributed by atoms with Gasteiger partial charge in [-0.2, -0.15) is 0 Å². The van der Waals surface area contributed by atoms with Gasteiger partial charge >= 0.3 is 162 Å². The Labute approximate surface area is 201 Å². The summed E-state index contributed by atoms with van der Waals surface area (Å²) < 4.78 is 1.91. The first-order chi connectivity index (χ1) is 15.2. The molecule has 0 rings (SSSR count). The fraction of sp³-hybridized carbons (Fsp3) is 0.963. The molecule has 0 aromatic rings. The van der Waals surface area contributed by atoms with E-state index in [1.165, 1.54) is 89.9 Å². The molecule has 0 atom stereocenters. The third-order valence-electron chi connectivity index (χ3n) is 6.74. The van der Waals surface area contributed by atoms with Gasteiger partial charge in [-0.1, -0.05) is 39.0 Å². The zero-order chi connectivity index (χ0) is 24.3. The SMILES string of the molecule is CCCCCCCCCCCCCCCCCCP(O)(O)(CCC#N)N(C(C)C)C(C)C. The van der Waals surface area contributed by atoms with E-state index in [0.29, 0.717) is 6.16 Å². The second-order valence-electron chi connectivity index (χ2n) is 10.6. The average molecular weight is 473 g/mol. The van der Waals surface area contributed by atoms with Crippen LogP contribution in [0.1, 0.15) is 144 Å². The predicted octanol–water partition coefficient (Wildman–Crippen LogP) is 8.56. The molecule has 0 unspecified atom stereocenters. The third kappa shape index (κ3) is 14.1. The molecule has 0 spiro atoms. The van der Waals surface area contributed by atoms with Crippen LogP contribution in [-0.4, -0.2) is 38.9 Å². The molecule has 0 amide bonds. The van der Waals surface area contributed by atoms with Crippen molar-refractivity contribution in [1.29, 1.82) is 5.26 Å².